The number of aromatic nitrogens is 1. The maximum Gasteiger partial charge on any atom is 0.422 e. The molecule has 2 rings (SSSR count). The predicted molar refractivity (Wildman–Crippen MR) is 77.8 cm³/mol. The number of carbonyl (C=O) groups is 1. The van der Waals surface area contributed by atoms with Crippen molar-refractivity contribution in [3.8, 4) is 17.5 Å². The van der Waals surface area contributed by atoms with Crippen LogP contribution in [-0.4, -0.2) is 30.4 Å². The molecule has 0 saturated heterocycles. The highest BCUT2D eigenvalue weighted by atomic mass is 19.4. The Morgan fingerprint density at radius 1 is 1.33 bits per heavy atom. The zero-order valence-electron chi connectivity index (χ0n) is 12.4. The van der Waals surface area contributed by atoms with E-state index in [0.717, 1.165) is 0 Å². The van der Waals surface area contributed by atoms with Crippen LogP contribution in [-0.2, 0) is 4.74 Å². The fraction of sp³-hybridized carbons (Fsp3) is 0.200. The lowest BCUT2D eigenvalue weighted by atomic mass is 10.2. The third-order valence-electron chi connectivity index (χ3n) is 3.06. The second kappa shape index (κ2) is 6.54. The molecule has 1 heterocycles. The first-order valence-electron chi connectivity index (χ1n) is 6.56. The standard InChI is InChI=1S/C15H12F3N3O3/c1-23-14(22)13-12(20)9(6-19)7-21(13)10-2-4-11(5-3-10)24-8-15(16,17)18/h2-5,7H,8,20H2,1H3. The summed E-state index contributed by atoms with van der Waals surface area (Å²) in [5, 5.41) is 9.03. The van der Waals surface area contributed by atoms with Gasteiger partial charge in [-0.05, 0) is 24.3 Å². The number of nitriles is 1. The summed E-state index contributed by atoms with van der Waals surface area (Å²) in [5.41, 5.74) is 6.16. The first kappa shape index (κ1) is 17.2. The first-order chi connectivity index (χ1) is 11.3. The molecule has 0 amide bonds. The van der Waals surface area contributed by atoms with Crippen molar-refractivity contribution in [2.24, 2.45) is 0 Å². The van der Waals surface area contributed by atoms with E-state index in [9.17, 15) is 18.0 Å². The van der Waals surface area contributed by atoms with Gasteiger partial charge in [-0.2, -0.15) is 18.4 Å². The quantitative estimate of drug-likeness (QED) is 0.865. The lowest BCUT2D eigenvalue weighted by Gasteiger charge is -2.11. The number of halogens is 3. The van der Waals surface area contributed by atoms with Gasteiger partial charge in [0.2, 0.25) is 0 Å². The monoisotopic (exact) mass is 339 g/mol. The van der Waals surface area contributed by atoms with Gasteiger partial charge in [0.1, 0.15) is 11.8 Å². The number of hydrogen-bond acceptors (Lipinski definition) is 5. The van der Waals surface area contributed by atoms with Crippen molar-refractivity contribution in [2.45, 2.75) is 6.18 Å². The summed E-state index contributed by atoms with van der Waals surface area (Å²) in [6, 6.07) is 7.33. The van der Waals surface area contributed by atoms with E-state index in [2.05, 4.69) is 9.47 Å². The van der Waals surface area contributed by atoms with Crippen molar-refractivity contribution in [1.82, 2.24) is 4.57 Å². The minimum atomic E-state index is -4.44. The van der Waals surface area contributed by atoms with Gasteiger partial charge in [-0.25, -0.2) is 4.79 Å². The number of nitrogens with zero attached hydrogens (tertiary/aromatic N) is 2. The van der Waals surface area contributed by atoms with E-state index in [1.165, 1.54) is 42.1 Å². The fourth-order valence-corrected chi connectivity index (χ4v) is 1.99. The van der Waals surface area contributed by atoms with Crippen LogP contribution in [0.1, 0.15) is 16.1 Å². The Labute approximate surface area is 134 Å². The molecular formula is C15H12F3N3O3. The average molecular weight is 339 g/mol. The van der Waals surface area contributed by atoms with Crippen LogP contribution < -0.4 is 10.5 Å². The van der Waals surface area contributed by atoms with Crippen LogP contribution in [0.3, 0.4) is 0 Å². The van der Waals surface area contributed by atoms with Gasteiger partial charge in [0.25, 0.3) is 0 Å². The molecule has 0 unspecified atom stereocenters. The Bertz CT molecular complexity index is 789. The molecule has 0 radical (unpaired) electrons. The number of ether oxygens (including phenoxy) is 2. The van der Waals surface area contributed by atoms with E-state index >= 15 is 0 Å². The smallest absolute Gasteiger partial charge is 0.422 e. The van der Waals surface area contributed by atoms with Crippen LogP contribution in [0.2, 0.25) is 0 Å². The highest BCUT2D eigenvalue weighted by Crippen LogP contribution is 2.26. The molecule has 0 saturated carbocycles. The lowest BCUT2D eigenvalue weighted by Crippen LogP contribution is -2.19. The molecule has 1 aromatic carbocycles. The molecule has 0 fully saturated rings. The highest BCUT2D eigenvalue weighted by Gasteiger charge is 2.28. The van der Waals surface area contributed by atoms with Crippen LogP contribution >= 0.6 is 0 Å². The molecule has 0 aliphatic carbocycles. The van der Waals surface area contributed by atoms with Crippen molar-refractivity contribution in [2.75, 3.05) is 19.5 Å². The predicted octanol–water partition coefficient (Wildman–Crippen LogP) is 2.66. The first-order valence-corrected chi connectivity index (χ1v) is 6.56. The zero-order valence-corrected chi connectivity index (χ0v) is 12.4. The molecule has 2 N–H and O–H groups in total. The number of methoxy groups -OCH3 is 1. The SMILES string of the molecule is COC(=O)c1c(N)c(C#N)cn1-c1ccc(OCC(F)(F)F)cc1. The summed E-state index contributed by atoms with van der Waals surface area (Å²) in [7, 11) is 1.17. The number of hydrogen-bond donors (Lipinski definition) is 1. The summed E-state index contributed by atoms with van der Waals surface area (Å²) in [6.07, 6.45) is -3.10. The van der Waals surface area contributed by atoms with Crippen molar-refractivity contribution >= 4 is 11.7 Å². The largest absolute Gasteiger partial charge is 0.484 e. The summed E-state index contributed by atoms with van der Waals surface area (Å²) in [6.45, 7) is -1.41. The molecule has 0 atom stereocenters. The maximum absolute atomic E-state index is 12.1. The van der Waals surface area contributed by atoms with Gasteiger partial charge in [0.15, 0.2) is 12.3 Å². The van der Waals surface area contributed by atoms with Gasteiger partial charge in [-0.15, -0.1) is 0 Å². The molecular weight excluding hydrogens is 327 g/mol. The molecule has 2 aromatic rings. The molecule has 24 heavy (non-hydrogen) atoms. The normalized spacial score (nSPS) is 11.0. The number of carbonyl (C=O) groups excluding carboxylic acids is 1. The number of alkyl halides is 3. The summed E-state index contributed by atoms with van der Waals surface area (Å²) in [5.74, 6) is -0.734. The van der Waals surface area contributed by atoms with E-state index in [4.69, 9.17) is 11.0 Å². The summed E-state index contributed by atoms with van der Waals surface area (Å²) >= 11 is 0. The molecule has 1 aromatic heterocycles. The van der Waals surface area contributed by atoms with Crippen LogP contribution in [0.5, 0.6) is 5.75 Å². The summed E-state index contributed by atoms with van der Waals surface area (Å²) < 4.78 is 47.0. The van der Waals surface area contributed by atoms with Crippen LogP contribution in [0.15, 0.2) is 30.5 Å². The number of nitrogen functional groups attached to an aromatic ring is 1. The molecule has 126 valence electrons. The maximum atomic E-state index is 12.1. The Morgan fingerprint density at radius 2 is 1.96 bits per heavy atom. The third kappa shape index (κ3) is 3.60. The van der Waals surface area contributed by atoms with E-state index in [1.807, 2.05) is 6.07 Å². The highest BCUT2D eigenvalue weighted by molar-refractivity contribution is 5.95. The van der Waals surface area contributed by atoms with Crippen LogP contribution in [0, 0.1) is 11.3 Å². The topological polar surface area (TPSA) is 90.3 Å². The third-order valence-corrected chi connectivity index (χ3v) is 3.06. The number of nitrogens with two attached hydrogens (primary N) is 1. The van der Waals surface area contributed by atoms with Gasteiger partial charge in [0, 0.05) is 11.9 Å². The van der Waals surface area contributed by atoms with Gasteiger partial charge < -0.3 is 19.8 Å². The second-order valence-electron chi connectivity index (χ2n) is 4.68. The Morgan fingerprint density at radius 3 is 2.46 bits per heavy atom. The number of anilines is 1. The van der Waals surface area contributed by atoms with Crippen LogP contribution in [0.25, 0.3) is 5.69 Å². The lowest BCUT2D eigenvalue weighted by molar-refractivity contribution is -0.153. The minimum absolute atomic E-state index is 0.0105. The Hall–Kier alpha value is -3.15. The van der Waals surface area contributed by atoms with Gasteiger partial charge >= 0.3 is 12.1 Å². The van der Waals surface area contributed by atoms with Crippen molar-refractivity contribution in [3.63, 3.8) is 0 Å². The number of esters is 1. The Kier molecular flexibility index (Phi) is 4.69. The minimum Gasteiger partial charge on any atom is -0.484 e. The number of benzene rings is 1. The average Bonchev–Trinajstić information content (AvgIpc) is 2.88. The molecule has 0 aliphatic heterocycles. The molecule has 0 bridgehead atoms. The fourth-order valence-electron chi connectivity index (χ4n) is 1.99. The molecule has 0 aliphatic rings. The Balaban J connectivity index is 2.35. The summed E-state index contributed by atoms with van der Waals surface area (Å²) in [4.78, 5) is 11.9. The van der Waals surface area contributed by atoms with Crippen molar-refractivity contribution in [1.29, 1.82) is 5.26 Å². The van der Waals surface area contributed by atoms with Gasteiger partial charge in [0.05, 0.1) is 18.4 Å². The second-order valence-corrected chi connectivity index (χ2v) is 4.68. The number of rotatable bonds is 4. The van der Waals surface area contributed by atoms with Gasteiger partial charge in [-0.3, -0.25) is 0 Å². The van der Waals surface area contributed by atoms with E-state index in [1.54, 1.807) is 0 Å². The van der Waals surface area contributed by atoms with E-state index in [-0.39, 0.29) is 22.7 Å². The molecule has 9 heteroatoms. The van der Waals surface area contributed by atoms with E-state index < -0.39 is 18.8 Å². The van der Waals surface area contributed by atoms with Crippen molar-refractivity contribution < 1.29 is 27.4 Å². The van der Waals surface area contributed by atoms with E-state index in [0.29, 0.717) is 5.69 Å². The molecule has 6 nitrogen and oxygen atoms in total. The molecule has 0 spiro atoms. The zero-order chi connectivity index (χ0) is 17.9. The van der Waals surface area contributed by atoms with Crippen molar-refractivity contribution in [3.05, 3.63) is 41.7 Å². The van der Waals surface area contributed by atoms with Crippen LogP contribution in [0.4, 0.5) is 18.9 Å². The van der Waals surface area contributed by atoms with Gasteiger partial charge in [-0.1, -0.05) is 0 Å².